The molecule has 21 heavy (non-hydrogen) atoms. The van der Waals surface area contributed by atoms with E-state index in [1.165, 1.54) is 0 Å². The van der Waals surface area contributed by atoms with E-state index >= 15 is 0 Å². The van der Waals surface area contributed by atoms with Gasteiger partial charge in [0, 0.05) is 39.1 Å². The zero-order valence-corrected chi connectivity index (χ0v) is 12.0. The molecule has 0 bridgehead atoms. The number of ether oxygens (including phenoxy) is 1. The summed E-state index contributed by atoms with van der Waals surface area (Å²) < 4.78 is 5.35. The van der Waals surface area contributed by atoms with Gasteiger partial charge in [-0.1, -0.05) is 6.07 Å². The van der Waals surface area contributed by atoms with Crippen LogP contribution in [-0.2, 0) is 11.3 Å². The van der Waals surface area contributed by atoms with Crippen LogP contribution in [0.1, 0.15) is 5.56 Å². The van der Waals surface area contributed by atoms with Crippen molar-refractivity contribution in [2.45, 2.75) is 6.54 Å². The third kappa shape index (κ3) is 3.43. The van der Waals surface area contributed by atoms with Gasteiger partial charge in [-0.25, -0.2) is 9.97 Å². The summed E-state index contributed by atoms with van der Waals surface area (Å²) in [7, 11) is 1.96. The summed E-state index contributed by atoms with van der Waals surface area (Å²) in [4.78, 5) is 21.3. The Kier molecular flexibility index (Phi) is 4.20. The number of nitrogens with zero attached hydrogens (tertiary/aromatic N) is 6. The summed E-state index contributed by atoms with van der Waals surface area (Å²) in [5, 5.41) is 0. The summed E-state index contributed by atoms with van der Waals surface area (Å²) in [5.41, 5.74) is 1.12. The van der Waals surface area contributed by atoms with E-state index in [4.69, 9.17) is 4.74 Å². The van der Waals surface area contributed by atoms with Crippen molar-refractivity contribution in [3.8, 4) is 0 Å². The first-order valence-corrected chi connectivity index (χ1v) is 6.95. The van der Waals surface area contributed by atoms with E-state index in [0.717, 1.165) is 18.7 Å². The molecule has 1 fully saturated rings. The first kappa shape index (κ1) is 13.7. The molecule has 0 aliphatic carbocycles. The van der Waals surface area contributed by atoms with Crippen LogP contribution < -0.4 is 9.80 Å². The minimum absolute atomic E-state index is 0.662. The van der Waals surface area contributed by atoms with Crippen LogP contribution >= 0.6 is 0 Å². The first-order valence-electron chi connectivity index (χ1n) is 6.95. The standard InChI is InChI=1S/C14H18N6O/c1-19(10-12-3-2-4-15-9-12)13-16-11-17-14(18-13)20-5-7-21-8-6-20/h2-4,9,11H,5-8,10H2,1H3. The molecule has 0 amide bonds. The summed E-state index contributed by atoms with van der Waals surface area (Å²) in [5.74, 6) is 1.37. The number of hydrogen-bond acceptors (Lipinski definition) is 7. The van der Waals surface area contributed by atoms with Crippen LogP contribution in [-0.4, -0.2) is 53.3 Å². The molecule has 1 aliphatic rings. The molecule has 0 atom stereocenters. The molecule has 1 aliphatic heterocycles. The summed E-state index contributed by atoms with van der Waals surface area (Å²) >= 11 is 0. The Morgan fingerprint density at radius 2 is 2.14 bits per heavy atom. The second-order valence-electron chi connectivity index (χ2n) is 4.90. The van der Waals surface area contributed by atoms with Crippen LogP contribution in [0, 0.1) is 0 Å². The smallest absolute Gasteiger partial charge is 0.230 e. The highest BCUT2D eigenvalue weighted by molar-refractivity contribution is 5.38. The lowest BCUT2D eigenvalue weighted by Crippen LogP contribution is -2.37. The van der Waals surface area contributed by atoms with E-state index in [-0.39, 0.29) is 0 Å². The zero-order chi connectivity index (χ0) is 14.5. The Morgan fingerprint density at radius 3 is 2.90 bits per heavy atom. The Morgan fingerprint density at radius 1 is 1.29 bits per heavy atom. The average molecular weight is 286 g/mol. The first-order chi connectivity index (χ1) is 10.3. The Labute approximate surface area is 123 Å². The van der Waals surface area contributed by atoms with Crippen LogP contribution in [0.4, 0.5) is 11.9 Å². The molecule has 0 N–H and O–H groups in total. The van der Waals surface area contributed by atoms with Gasteiger partial charge in [0.15, 0.2) is 0 Å². The lowest BCUT2D eigenvalue weighted by molar-refractivity contribution is 0.122. The van der Waals surface area contributed by atoms with Crippen LogP contribution in [0.5, 0.6) is 0 Å². The summed E-state index contributed by atoms with van der Waals surface area (Å²) in [6.45, 7) is 3.77. The highest BCUT2D eigenvalue weighted by Gasteiger charge is 2.15. The Hall–Kier alpha value is -2.28. The number of rotatable bonds is 4. The van der Waals surface area contributed by atoms with Gasteiger partial charge in [-0.2, -0.15) is 4.98 Å². The lowest BCUT2D eigenvalue weighted by Gasteiger charge is -2.27. The average Bonchev–Trinajstić information content (AvgIpc) is 2.57. The molecule has 7 heteroatoms. The summed E-state index contributed by atoms with van der Waals surface area (Å²) in [6.07, 6.45) is 5.18. The monoisotopic (exact) mass is 286 g/mol. The van der Waals surface area contributed by atoms with Crippen LogP contribution in [0.3, 0.4) is 0 Å². The third-order valence-electron chi connectivity index (χ3n) is 3.32. The molecule has 3 heterocycles. The van der Waals surface area contributed by atoms with Gasteiger partial charge < -0.3 is 14.5 Å². The fourth-order valence-electron chi connectivity index (χ4n) is 2.22. The fraction of sp³-hybridized carbons (Fsp3) is 0.429. The molecule has 1 saturated heterocycles. The van der Waals surface area contributed by atoms with Crippen molar-refractivity contribution in [1.82, 2.24) is 19.9 Å². The van der Waals surface area contributed by atoms with E-state index in [2.05, 4.69) is 24.8 Å². The largest absolute Gasteiger partial charge is 0.378 e. The number of morpholine rings is 1. The minimum atomic E-state index is 0.662. The van der Waals surface area contributed by atoms with Gasteiger partial charge in [-0.15, -0.1) is 0 Å². The highest BCUT2D eigenvalue weighted by Crippen LogP contribution is 2.14. The van der Waals surface area contributed by atoms with E-state index < -0.39 is 0 Å². The number of anilines is 2. The van der Waals surface area contributed by atoms with Gasteiger partial charge in [-0.3, -0.25) is 4.98 Å². The van der Waals surface area contributed by atoms with Crippen molar-refractivity contribution in [3.63, 3.8) is 0 Å². The molecule has 0 aromatic carbocycles. The molecule has 7 nitrogen and oxygen atoms in total. The maximum atomic E-state index is 5.35. The van der Waals surface area contributed by atoms with Gasteiger partial charge in [0.1, 0.15) is 6.33 Å². The Balaban J connectivity index is 1.72. The van der Waals surface area contributed by atoms with Gasteiger partial charge in [0.05, 0.1) is 13.2 Å². The maximum Gasteiger partial charge on any atom is 0.230 e. The second-order valence-corrected chi connectivity index (χ2v) is 4.90. The predicted molar refractivity (Wildman–Crippen MR) is 79.2 cm³/mol. The predicted octanol–water partition coefficient (Wildman–Crippen LogP) is 0.740. The van der Waals surface area contributed by atoms with Crippen molar-refractivity contribution >= 4 is 11.9 Å². The molecular formula is C14H18N6O. The second kappa shape index (κ2) is 6.45. The van der Waals surface area contributed by atoms with Crippen LogP contribution in [0.2, 0.25) is 0 Å². The topological polar surface area (TPSA) is 67.3 Å². The van der Waals surface area contributed by atoms with Crippen molar-refractivity contribution in [1.29, 1.82) is 0 Å². The van der Waals surface area contributed by atoms with E-state index in [0.29, 0.717) is 31.7 Å². The van der Waals surface area contributed by atoms with Crippen molar-refractivity contribution in [2.75, 3.05) is 43.2 Å². The highest BCUT2D eigenvalue weighted by atomic mass is 16.5. The van der Waals surface area contributed by atoms with Gasteiger partial charge in [0.25, 0.3) is 0 Å². The molecule has 110 valence electrons. The molecule has 0 saturated carbocycles. The molecular weight excluding hydrogens is 268 g/mol. The molecule has 0 spiro atoms. The van der Waals surface area contributed by atoms with Gasteiger partial charge in [0.2, 0.25) is 11.9 Å². The Bertz CT molecular complexity index is 573. The maximum absolute atomic E-state index is 5.35. The minimum Gasteiger partial charge on any atom is -0.378 e. The van der Waals surface area contributed by atoms with E-state index in [9.17, 15) is 0 Å². The van der Waals surface area contributed by atoms with E-state index in [1.807, 2.05) is 30.3 Å². The number of aromatic nitrogens is 4. The van der Waals surface area contributed by atoms with Crippen LogP contribution in [0.15, 0.2) is 30.9 Å². The van der Waals surface area contributed by atoms with E-state index in [1.54, 1.807) is 12.5 Å². The molecule has 0 unspecified atom stereocenters. The number of pyridine rings is 1. The molecule has 2 aromatic rings. The van der Waals surface area contributed by atoms with Gasteiger partial charge in [-0.05, 0) is 11.6 Å². The zero-order valence-electron chi connectivity index (χ0n) is 12.0. The number of hydrogen-bond donors (Lipinski definition) is 0. The quantitative estimate of drug-likeness (QED) is 0.821. The SMILES string of the molecule is CN(Cc1cccnc1)c1ncnc(N2CCOCC2)n1. The van der Waals surface area contributed by atoms with Crippen molar-refractivity contribution in [2.24, 2.45) is 0 Å². The normalized spacial score (nSPS) is 15.0. The summed E-state index contributed by atoms with van der Waals surface area (Å²) in [6, 6.07) is 3.96. The molecule has 0 radical (unpaired) electrons. The molecule has 3 rings (SSSR count). The van der Waals surface area contributed by atoms with Crippen LogP contribution in [0.25, 0.3) is 0 Å². The third-order valence-corrected chi connectivity index (χ3v) is 3.32. The van der Waals surface area contributed by atoms with Crippen molar-refractivity contribution in [3.05, 3.63) is 36.4 Å². The molecule has 2 aromatic heterocycles. The fourth-order valence-corrected chi connectivity index (χ4v) is 2.22. The van der Waals surface area contributed by atoms with Crippen molar-refractivity contribution < 1.29 is 4.74 Å². The lowest BCUT2D eigenvalue weighted by atomic mass is 10.3. The van der Waals surface area contributed by atoms with Gasteiger partial charge >= 0.3 is 0 Å².